The zero-order valence-corrected chi connectivity index (χ0v) is 12.6. The molecule has 0 saturated carbocycles. The van der Waals surface area contributed by atoms with Gasteiger partial charge in [0.2, 0.25) is 5.91 Å². The maximum Gasteiger partial charge on any atom is 0.221 e. The van der Waals surface area contributed by atoms with Gasteiger partial charge in [-0.2, -0.15) is 0 Å². The van der Waals surface area contributed by atoms with Crippen molar-refractivity contribution < 1.29 is 9.18 Å². The normalized spacial score (nSPS) is 17.1. The summed E-state index contributed by atoms with van der Waals surface area (Å²) in [6.07, 6.45) is 3.21. The number of thiophene rings is 1. The second-order valence-electron chi connectivity index (χ2n) is 5.26. The molecule has 1 aliphatic carbocycles. The monoisotopic (exact) mass is 304 g/mol. The highest BCUT2D eigenvalue weighted by Gasteiger charge is 2.22. The van der Waals surface area contributed by atoms with E-state index in [1.54, 1.807) is 23.5 Å². The van der Waals surface area contributed by atoms with Gasteiger partial charge in [-0.3, -0.25) is 4.79 Å². The molecule has 0 fully saturated rings. The lowest BCUT2D eigenvalue weighted by Gasteiger charge is -2.25. The number of benzene rings is 1. The number of nitrogens with one attached hydrogen (secondary N) is 2. The van der Waals surface area contributed by atoms with Crippen LogP contribution in [0.4, 0.5) is 15.8 Å². The van der Waals surface area contributed by atoms with E-state index in [0.717, 1.165) is 19.3 Å². The van der Waals surface area contributed by atoms with Crippen LogP contribution in [0, 0.1) is 5.82 Å². The maximum atomic E-state index is 14.0. The van der Waals surface area contributed by atoms with Gasteiger partial charge in [-0.1, -0.05) is 0 Å². The summed E-state index contributed by atoms with van der Waals surface area (Å²) >= 11 is 1.76. The van der Waals surface area contributed by atoms with Crippen molar-refractivity contribution in [2.75, 3.05) is 10.6 Å². The van der Waals surface area contributed by atoms with E-state index in [9.17, 15) is 9.18 Å². The maximum absolute atomic E-state index is 14.0. The highest BCUT2D eigenvalue weighted by Crippen LogP contribution is 2.36. The van der Waals surface area contributed by atoms with E-state index in [-0.39, 0.29) is 17.8 Å². The van der Waals surface area contributed by atoms with Crippen molar-refractivity contribution in [2.24, 2.45) is 0 Å². The quantitative estimate of drug-likeness (QED) is 0.886. The number of carbonyl (C=O) groups is 1. The van der Waals surface area contributed by atoms with Gasteiger partial charge in [0.1, 0.15) is 5.82 Å². The zero-order valence-electron chi connectivity index (χ0n) is 11.8. The van der Waals surface area contributed by atoms with Crippen LogP contribution < -0.4 is 10.6 Å². The smallest absolute Gasteiger partial charge is 0.221 e. The Morgan fingerprint density at radius 2 is 2.24 bits per heavy atom. The van der Waals surface area contributed by atoms with Gasteiger partial charge < -0.3 is 10.6 Å². The molecule has 1 aliphatic rings. The van der Waals surface area contributed by atoms with Gasteiger partial charge in [-0.25, -0.2) is 4.39 Å². The van der Waals surface area contributed by atoms with Crippen LogP contribution in [0.3, 0.4) is 0 Å². The summed E-state index contributed by atoms with van der Waals surface area (Å²) < 4.78 is 14.0. The lowest BCUT2D eigenvalue weighted by molar-refractivity contribution is -0.114. The fourth-order valence-corrected chi connectivity index (χ4v) is 3.73. The summed E-state index contributed by atoms with van der Waals surface area (Å²) in [5.74, 6) is -0.461. The second kappa shape index (κ2) is 5.85. The van der Waals surface area contributed by atoms with Crippen molar-refractivity contribution in [3.05, 3.63) is 45.9 Å². The van der Waals surface area contributed by atoms with Crippen LogP contribution in [0.2, 0.25) is 0 Å². The van der Waals surface area contributed by atoms with Crippen molar-refractivity contribution in [1.29, 1.82) is 0 Å². The molecule has 2 N–H and O–H groups in total. The van der Waals surface area contributed by atoms with Gasteiger partial charge in [0.05, 0.1) is 11.7 Å². The average Bonchev–Trinajstić information content (AvgIpc) is 2.91. The van der Waals surface area contributed by atoms with Crippen molar-refractivity contribution in [1.82, 2.24) is 0 Å². The van der Waals surface area contributed by atoms with Gasteiger partial charge in [0.25, 0.3) is 0 Å². The van der Waals surface area contributed by atoms with E-state index in [4.69, 9.17) is 0 Å². The summed E-state index contributed by atoms with van der Waals surface area (Å²) in [4.78, 5) is 12.5. The Morgan fingerprint density at radius 1 is 1.38 bits per heavy atom. The average molecular weight is 304 g/mol. The Hall–Kier alpha value is -1.88. The Morgan fingerprint density at radius 3 is 3.05 bits per heavy atom. The first-order chi connectivity index (χ1) is 10.1. The van der Waals surface area contributed by atoms with Crippen molar-refractivity contribution >= 4 is 28.6 Å². The molecule has 21 heavy (non-hydrogen) atoms. The Bertz CT molecular complexity index is 668. The lowest BCUT2D eigenvalue weighted by Crippen LogP contribution is -2.16. The molecule has 0 radical (unpaired) electrons. The lowest BCUT2D eigenvalue weighted by atomic mass is 9.94. The number of rotatable bonds is 3. The molecular formula is C16H17FN2OS. The van der Waals surface area contributed by atoms with E-state index in [1.807, 2.05) is 0 Å². The largest absolute Gasteiger partial charge is 0.376 e. The van der Waals surface area contributed by atoms with Crippen molar-refractivity contribution in [3.8, 4) is 0 Å². The molecule has 1 heterocycles. The fourth-order valence-electron chi connectivity index (χ4n) is 2.74. The SMILES string of the molecule is CC(=O)Nc1ccc(F)c(NC2CCCc3sccc32)c1. The van der Waals surface area contributed by atoms with Gasteiger partial charge >= 0.3 is 0 Å². The summed E-state index contributed by atoms with van der Waals surface area (Å²) in [6.45, 7) is 1.44. The number of hydrogen-bond acceptors (Lipinski definition) is 3. The topological polar surface area (TPSA) is 41.1 Å². The van der Waals surface area contributed by atoms with Gasteiger partial charge in [-0.15, -0.1) is 11.3 Å². The summed E-state index contributed by atoms with van der Waals surface area (Å²) in [6, 6.07) is 6.86. The molecule has 1 atom stereocenters. The molecule has 3 rings (SSSR count). The van der Waals surface area contributed by atoms with Crippen molar-refractivity contribution in [3.63, 3.8) is 0 Å². The minimum atomic E-state index is -0.300. The summed E-state index contributed by atoms with van der Waals surface area (Å²) in [5.41, 5.74) is 2.31. The molecule has 1 aromatic heterocycles. The third kappa shape index (κ3) is 3.08. The number of fused-ring (bicyclic) bond motifs is 1. The molecule has 1 amide bonds. The number of hydrogen-bond donors (Lipinski definition) is 2. The molecule has 3 nitrogen and oxygen atoms in total. The minimum absolute atomic E-state index is 0.141. The predicted molar refractivity (Wildman–Crippen MR) is 84.3 cm³/mol. The molecule has 2 aromatic rings. The molecule has 0 aliphatic heterocycles. The van der Waals surface area contributed by atoms with E-state index < -0.39 is 0 Å². The van der Waals surface area contributed by atoms with Crippen molar-refractivity contribution in [2.45, 2.75) is 32.2 Å². The molecular weight excluding hydrogens is 287 g/mol. The van der Waals surface area contributed by atoms with E-state index >= 15 is 0 Å². The first kappa shape index (κ1) is 14.1. The molecule has 5 heteroatoms. The van der Waals surface area contributed by atoms with Crippen LogP contribution in [-0.4, -0.2) is 5.91 Å². The van der Waals surface area contributed by atoms with Crippen LogP contribution in [0.25, 0.3) is 0 Å². The first-order valence-electron chi connectivity index (χ1n) is 7.03. The van der Waals surface area contributed by atoms with E-state index in [1.165, 1.54) is 23.4 Å². The molecule has 0 saturated heterocycles. The number of amides is 1. The Kier molecular flexibility index (Phi) is 3.92. The molecule has 0 bridgehead atoms. The summed E-state index contributed by atoms with van der Waals surface area (Å²) in [5, 5.41) is 8.06. The van der Waals surface area contributed by atoms with Gasteiger partial charge in [0, 0.05) is 17.5 Å². The Labute approximate surface area is 127 Å². The highest BCUT2D eigenvalue weighted by molar-refractivity contribution is 7.10. The zero-order chi connectivity index (χ0) is 14.8. The van der Waals surface area contributed by atoms with Crippen LogP contribution in [0.15, 0.2) is 29.6 Å². The molecule has 0 spiro atoms. The number of anilines is 2. The minimum Gasteiger partial charge on any atom is -0.376 e. The van der Waals surface area contributed by atoms with Crippen LogP contribution in [0.5, 0.6) is 0 Å². The van der Waals surface area contributed by atoms with Crippen LogP contribution in [0.1, 0.15) is 36.2 Å². The van der Waals surface area contributed by atoms with Crippen LogP contribution in [-0.2, 0) is 11.2 Å². The Balaban J connectivity index is 1.84. The van der Waals surface area contributed by atoms with Gasteiger partial charge in [0.15, 0.2) is 0 Å². The van der Waals surface area contributed by atoms with Gasteiger partial charge in [-0.05, 0) is 54.5 Å². The fraction of sp³-hybridized carbons (Fsp3) is 0.312. The standard InChI is InChI=1S/C16H17FN2OS/c1-10(20)18-11-5-6-13(17)15(9-11)19-14-3-2-4-16-12(14)7-8-21-16/h5-9,14,19H,2-4H2,1H3,(H,18,20). The molecule has 110 valence electrons. The number of carbonyl (C=O) groups excluding carboxylic acids is 1. The number of halogens is 1. The first-order valence-corrected chi connectivity index (χ1v) is 7.91. The third-order valence-electron chi connectivity index (χ3n) is 3.67. The predicted octanol–water partition coefficient (Wildman–Crippen LogP) is 4.34. The summed E-state index contributed by atoms with van der Waals surface area (Å²) in [7, 11) is 0. The second-order valence-corrected chi connectivity index (χ2v) is 6.26. The van der Waals surface area contributed by atoms with Crippen LogP contribution >= 0.6 is 11.3 Å². The van der Waals surface area contributed by atoms with E-state index in [0.29, 0.717) is 11.4 Å². The number of aryl methyl sites for hydroxylation is 1. The third-order valence-corrected chi connectivity index (χ3v) is 4.66. The molecule has 1 unspecified atom stereocenters. The molecule has 1 aromatic carbocycles. The van der Waals surface area contributed by atoms with E-state index in [2.05, 4.69) is 22.1 Å². The highest BCUT2D eigenvalue weighted by atomic mass is 32.1.